The molecule has 0 spiro atoms. The molecule has 3 saturated heterocycles. The van der Waals surface area contributed by atoms with Crippen molar-refractivity contribution in [2.45, 2.75) is 82.0 Å². The Labute approximate surface area is 152 Å². The Morgan fingerprint density at radius 1 is 0.960 bits per heavy atom. The normalized spacial score (nSPS) is 36.3. The molecule has 25 heavy (non-hydrogen) atoms. The zero-order valence-electron chi connectivity index (χ0n) is 15.9. The first-order chi connectivity index (χ1) is 12.2. The predicted molar refractivity (Wildman–Crippen MR) is 101 cm³/mol. The van der Waals surface area contributed by atoms with Crippen molar-refractivity contribution >= 4 is 5.91 Å². The van der Waals surface area contributed by atoms with Gasteiger partial charge in [0.1, 0.15) is 0 Å². The molecular formula is C20H36N4O. The summed E-state index contributed by atoms with van der Waals surface area (Å²) in [6.45, 7) is 4.78. The van der Waals surface area contributed by atoms with Crippen LogP contribution in [0.15, 0.2) is 0 Å². The molecule has 5 heteroatoms. The Balaban J connectivity index is 1.20. The lowest BCUT2D eigenvalue weighted by Crippen LogP contribution is -2.53. The predicted octanol–water partition coefficient (Wildman–Crippen LogP) is 1.58. The number of likely N-dealkylation sites (tertiary alicyclic amines) is 2. The van der Waals surface area contributed by atoms with E-state index in [0.717, 1.165) is 44.3 Å². The van der Waals surface area contributed by atoms with Crippen LogP contribution in [-0.2, 0) is 4.79 Å². The molecule has 0 bridgehead atoms. The van der Waals surface area contributed by atoms with E-state index in [1.54, 1.807) is 0 Å². The number of fused-ring (bicyclic) bond motifs is 1. The third-order valence-corrected chi connectivity index (χ3v) is 7.26. The number of hydrogen-bond donors (Lipinski definition) is 2. The Morgan fingerprint density at radius 2 is 1.68 bits per heavy atom. The van der Waals surface area contributed by atoms with E-state index in [-0.39, 0.29) is 11.9 Å². The monoisotopic (exact) mass is 348 g/mol. The molecule has 142 valence electrons. The number of hydrogen-bond acceptors (Lipinski definition) is 4. The number of amides is 1. The van der Waals surface area contributed by atoms with Gasteiger partial charge in [-0.15, -0.1) is 0 Å². The second-order valence-corrected chi connectivity index (χ2v) is 8.96. The highest BCUT2D eigenvalue weighted by Gasteiger charge is 2.39. The van der Waals surface area contributed by atoms with Gasteiger partial charge in [-0.05, 0) is 71.0 Å². The highest BCUT2D eigenvalue weighted by Crippen LogP contribution is 2.33. The molecule has 4 fully saturated rings. The Morgan fingerprint density at radius 3 is 2.40 bits per heavy atom. The van der Waals surface area contributed by atoms with Crippen molar-refractivity contribution in [2.24, 2.45) is 5.92 Å². The van der Waals surface area contributed by atoms with Crippen LogP contribution in [0.5, 0.6) is 0 Å². The second kappa shape index (κ2) is 7.93. The number of carbonyl (C=O) groups excluding carboxylic acids is 1. The van der Waals surface area contributed by atoms with Crippen LogP contribution in [0, 0.1) is 5.92 Å². The minimum atomic E-state index is 0.0695. The number of rotatable bonds is 3. The summed E-state index contributed by atoms with van der Waals surface area (Å²) in [4.78, 5) is 17.8. The van der Waals surface area contributed by atoms with E-state index in [1.807, 2.05) is 0 Å². The Bertz CT molecular complexity index is 441. The van der Waals surface area contributed by atoms with Crippen molar-refractivity contribution in [1.82, 2.24) is 20.4 Å². The SMILES string of the molecule is CN1CCC(N2CCC(NC(=O)C3CC4CCCCC4N3)CC2)CC1. The third-order valence-electron chi connectivity index (χ3n) is 7.26. The molecule has 0 aromatic rings. The highest BCUT2D eigenvalue weighted by atomic mass is 16.2. The summed E-state index contributed by atoms with van der Waals surface area (Å²) in [6.07, 6.45) is 11.2. The summed E-state index contributed by atoms with van der Waals surface area (Å²) in [5.74, 6) is 1.02. The van der Waals surface area contributed by atoms with E-state index in [0.29, 0.717) is 12.1 Å². The van der Waals surface area contributed by atoms with Gasteiger partial charge in [-0.25, -0.2) is 0 Å². The van der Waals surface area contributed by atoms with E-state index < -0.39 is 0 Å². The van der Waals surface area contributed by atoms with Gasteiger partial charge in [-0.2, -0.15) is 0 Å². The van der Waals surface area contributed by atoms with Crippen molar-refractivity contribution in [3.63, 3.8) is 0 Å². The maximum Gasteiger partial charge on any atom is 0.237 e. The lowest BCUT2D eigenvalue weighted by atomic mass is 9.85. The van der Waals surface area contributed by atoms with E-state index in [4.69, 9.17) is 0 Å². The molecule has 3 unspecified atom stereocenters. The van der Waals surface area contributed by atoms with Crippen molar-refractivity contribution in [3.8, 4) is 0 Å². The molecule has 1 saturated carbocycles. The molecule has 2 N–H and O–H groups in total. The van der Waals surface area contributed by atoms with Crippen molar-refractivity contribution < 1.29 is 4.79 Å². The Hall–Kier alpha value is -0.650. The van der Waals surface area contributed by atoms with Crippen molar-refractivity contribution in [3.05, 3.63) is 0 Å². The molecule has 0 radical (unpaired) electrons. The maximum atomic E-state index is 12.7. The fourth-order valence-electron chi connectivity index (χ4n) is 5.59. The van der Waals surface area contributed by atoms with Crippen molar-refractivity contribution in [2.75, 3.05) is 33.2 Å². The molecule has 4 rings (SSSR count). The molecule has 0 aromatic heterocycles. The molecule has 3 aliphatic heterocycles. The number of carbonyl (C=O) groups is 1. The smallest absolute Gasteiger partial charge is 0.237 e. The number of nitrogens with zero attached hydrogens (tertiary/aromatic N) is 2. The topological polar surface area (TPSA) is 47.6 Å². The average Bonchev–Trinajstić information content (AvgIpc) is 3.07. The van der Waals surface area contributed by atoms with Crippen LogP contribution in [0.3, 0.4) is 0 Å². The maximum absolute atomic E-state index is 12.7. The van der Waals surface area contributed by atoms with Gasteiger partial charge < -0.3 is 20.4 Å². The molecule has 0 aromatic carbocycles. The summed E-state index contributed by atoms with van der Waals surface area (Å²) in [5.41, 5.74) is 0. The van der Waals surface area contributed by atoms with Gasteiger partial charge in [0.15, 0.2) is 0 Å². The Kier molecular flexibility index (Phi) is 5.63. The van der Waals surface area contributed by atoms with Crippen LogP contribution in [-0.4, -0.2) is 73.1 Å². The van der Waals surface area contributed by atoms with Gasteiger partial charge in [0.05, 0.1) is 6.04 Å². The number of piperidine rings is 2. The first-order valence-electron chi connectivity index (χ1n) is 10.7. The van der Waals surface area contributed by atoms with Crippen LogP contribution < -0.4 is 10.6 Å². The van der Waals surface area contributed by atoms with E-state index in [1.165, 1.54) is 51.6 Å². The summed E-state index contributed by atoms with van der Waals surface area (Å²) in [5, 5.41) is 6.98. The minimum absolute atomic E-state index is 0.0695. The van der Waals surface area contributed by atoms with E-state index in [9.17, 15) is 4.79 Å². The fourth-order valence-corrected chi connectivity index (χ4v) is 5.59. The zero-order chi connectivity index (χ0) is 17.2. The molecule has 4 aliphatic rings. The van der Waals surface area contributed by atoms with Crippen LogP contribution in [0.2, 0.25) is 0 Å². The molecule has 1 aliphatic carbocycles. The molecule has 3 heterocycles. The molecule has 3 atom stereocenters. The second-order valence-electron chi connectivity index (χ2n) is 8.96. The van der Waals surface area contributed by atoms with Crippen molar-refractivity contribution in [1.29, 1.82) is 0 Å². The summed E-state index contributed by atoms with van der Waals surface area (Å²) in [6, 6.07) is 1.84. The van der Waals surface area contributed by atoms with Gasteiger partial charge >= 0.3 is 0 Å². The summed E-state index contributed by atoms with van der Waals surface area (Å²) in [7, 11) is 2.23. The highest BCUT2D eigenvalue weighted by molar-refractivity contribution is 5.82. The van der Waals surface area contributed by atoms with E-state index >= 15 is 0 Å². The fraction of sp³-hybridized carbons (Fsp3) is 0.950. The quantitative estimate of drug-likeness (QED) is 0.813. The number of nitrogens with one attached hydrogen (secondary N) is 2. The van der Waals surface area contributed by atoms with Crippen LogP contribution >= 0.6 is 0 Å². The van der Waals surface area contributed by atoms with Gasteiger partial charge in [0, 0.05) is 31.2 Å². The van der Waals surface area contributed by atoms with Gasteiger partial charge in [0.2, 0.25) is 5.91 Å². The van der Waals surface area contributed by atoms with Gasteiger partial charge in [0.25, 0.3) is 0 Å². The van der Waals surface area contributed by atoms with Gasteiger partial charge in [-0.3, -0.25) is 4.79 Å². The first kappa shape index (κ1) is 17.7. The average molecular weight is 349 g/mol. The van der Waals surface area contributed by atoms with Crippen LogP contribution in [0.25, 0.3) is 0 Å². The van der Waals surface area contributed by atoms with Gasteiger partial charge in [-0.1, -0.05) is 12.8 Å². The molecule has 5 nitrogen and oxygen atoms in total. The lowest BCUT2D eigenvalue weighted by molar-refractivity contribution is -0.124. The largest absolute Gasteiger partial charge is 0.352 e. The van der Waals surface area contributed by atoms with E-state index in [2.05, 4.69) is 27.5 Å². The third kappa shape index (κ3) is 4.20. The molecular weight excluding hydrogens is 312 g/mol. The lowest BCUT2D eigenvalue weighted by Gasteiger charge is -2.41. The van der Waals surface area contributed by atoms with Crippen LogP contribution in [0.1, 0.15) is 57.8 Å². The summed E-state index contributed by atoms with van der Waals surface area (Å²) < 4.78 is 0. The first-order valence-corrected chi connectivity index (χ1v) is 10.7. The standard InChI is InChI=1S/C20H36N4O/c1-23-10-8-17(9-11-23)24-12-6-16(7-13-24)21-20(25)19-14-15-4-2-3-5-18(15)22-19/h15-19,22H,2-14H2,1H3,(H,21,25). The van der Waals surface area contributed by atoms with Crippen LogP contribution in [0.4, 0.5) is 0 Å². The zero-order valence-corrected chi connectivity index (χ0v) is 15.9. The molecule has 1 amide bonds. The minimum Gasteiger partial charge on any atom is -0.352 e. The summed E-state index contributed by atoms with van der Waals surface area (Å²) >= 11 is 0.